The van der Waals surface area contributed by atoms with Crippen LogP contribution in [-0.4, -0.2) is 51.2 Å². The van der Waals surface area contributed by atoms with Gasteiger partial charge in [0.1, 0.15) is 6.61 Å². The van der Waals surface area contributed by atoms with Crippen LogP contribution < -0.4 is 0 Å². The summed E-state index contributed by atoms with van der Waals surface area (Å²) in [7, 11) is 0. The molecule has 31 heavy (non-hydrogen) atoms. The molecule has 0 aliphatic carbocycles. The number of para-hydroxylation sites is 1. The molecule has 1 spiro atoms. The third-order valence-corrected chi connectivity index (χ3v) is 8.68. The molecule has 4 heterocycles. The highest BCUT2D eigenvalue weighted by Gasteiger charge is 2.60. The van der Waals surface area contributed by atoms with E-state index in [4.69, 9.17) is 27.9 Å². The Hall–Kier alpha value is -1.12. The van der Waals surface area contributed by atoms with Crippen molar-refractivity contribution in [3.8, 4) is 5.69 Å². The van der Waals surface area contributed by atoms with Crippen molar-refractivity contribution in [3.05, 3.63) is 57.2 Å². The van der Waals surface area contributed by atoms with E-state index in [2.05, 4.69) is 10.00 Å². The number of benzene rings is 1. The molecule has 5 rings (SSSR count). The van der Waals surface area contributed by atoms with E-state index in [1.165, 1.54) is 17.8 Å². The van der Waals surface area contributed by atoms with Crippen LogP contribution in [0, 0.1) is 12.8 Å². The summed E-state index contributed by atoms with van der Waals surface area (Å²) in [5.74, 6) is -3.71. The molecule has 166 valence electrons. The fraction of sp³-hybridized carbons (Fsp3) is 0.500. The number of hydrogen-bond acceptors (Lipinski definition) is 4. The van der Waals surface area contributed by atoms with Gasteiger partial charge >= 0.3 is 0 Å². The first-order chi connectivity index (χ1) is 14.8. The smallest absolute Gasteiger partial charge is 0.278 e. The zero-order valence-electron chi connectivity index (χ0n) is 17.0. The van der Waals surface area contributed by atoms with E-state index < -0.39 is 24.0 Å². The molecule has 1 aromatic carbocycles. The van der Waals surface area contributed by atoms with Gasteiger partial charge in [0.25, 0.3) is 5.92 Å². The van der Waals surface area contributed by atoms with E-state index in [0.717, 1.165) is 36.6 Å². The van der Waals surface area contributed by atoms with Crippen molar-refractivity contribution in [2.45, 2.75) is 43.1 Å². The molecule has 2 unspecified atom stereocenters. The first kappa shape index (κ1) is 21.7. The number of nitrogens with zero attached hydrogens (tertiary/aromatic N) is 3. The van der Waals surface area contributed by atoms with Crippen LogP contribution in [-0.2, 0) is 11.3 Å². The Labute approximate surface area is 194 Å². The second-order valence-electron chi connectivity index (χ2n) is 8.56. The van der Waals surface area contributed by atoms with Crippen LogP contribution in [0.1, 0.15) is 24.1 Å². The predicted octanol–water partition coefficient (Wildman–Crippen LogP) is 5.65. The third-order valence-electron chi connectivity index (χ3n) is 6.63. The van der Waals surface area contributed by atoms with Crippen LogP contribution in [0.25, 0.3) is 5.69 Å². The van der Waals surface area contributed by atoms with E-state index in [-0.39, 0.29) is 5.25 Å². The summed E-state index contributed by atoms with van der Waals surface area (Å²) in [5, 5.41) is 4.96. The second-order valence-corrected chi connectivity index (χ2v) is 10.8. The highest BCUT2D eigenvalue weighted by molar-refractivity contribution is 8.05. The molecule has 0 bridgehead atoms. The van der Waals surface area contributed by atoms with E-state index in [1.54, 1.807) is 0 Å². The van der Waals surface area contributed by atoms with Crippen molar-refractivity contribution in [2.75, 3.05) is 19.7 Å². The Morgan fingerprint density at radius 2 is 1.97 bits per heavy atom. The van der Waals surface area contributed by atoms with Gasteiger partial charge in [-0.2, -0.15) is 5.10 Å². The van der Waals surface area contributed by atoms with Crippen molar-refractivity contribution >= 4 is 35.0 Å². The average molecular weight is 486 g/mol. The summed E-state index contributed by atoms with van der Waals surface area (Å²) in [4.78, 5) is 2.34. The number of piperidine rings is 1. The number of fused-ring (bicyclic) bond motifs is 2. The third kappa shape index (κ3) is 3.93. The number of allylic oxidation sites excluding steroid dienone is 1. The minimum absolute atomic E-state index is 0.324. The van der Waals surface area contributed by atoms with Crippen molar-refractivity contribution in [2.24, 2.45) is 5.92 Å². The summed E-state index contributed by atoms with van der Waals surface area (Å²) in [6, 6.07) is 7.62. The van der Waals surface area contributed by atoms with Crippen LogP contribution in [0.5, 0.6) is 0 Å². The fourth-order valence-electron chi connectivity index (χ4n) is 4.83. The Morgan fingerprint density at radius 1 is 1.23 bits per heavy atom. The number of alkyl halides is 2. The molecule has 0 saturated carbocycles. The molecular formula is C22H23Cl2F2N3OS. The van der Waals surface area contributed by atoms with Gasteiger partial charge < -0.3 is 4.74 Å². The molecule has 2 aromatic rings. The first-order valence-electron chi connectivity index (χ1n) is 10.4. The van der Waals surface area contributed by atoms with Gasteiger partial charge in [-0.1, -0.05) is 35.3 Å². The van der Waals surface area contributed by atoms with E-state index in [0.29, 0.717) is 22.2 Å². The molecule has 1 aromatic heterocycles. The average Bonchev–Trinajstić information content (AvgIpc) is 3.31. The minimum atomic E-state index is -2.86. The normalized spacial score (nSPS) is 27.3. The monoisotopic (exact) mass is 485 g/mol. The van der Waals surface area contributed by atoms with Crippen LogP contribution >= 0.6 is 35.0 Å². The zero-order chi connectivity index (χ0) is 21.8. The second kappa shape index (κ2) is 8.03. The van der Waals surface area contributed by atoms with Crippen molar-refractivity contribution in [3.63, 3.8) is 0 Å². The summed E-state index contributed by atoms with van der Waals surface area (Å²) in [6.07, 6.45) is 4.98. The van der Waals surface area contributed by atoms with E-state index >= 15 is 0 Å². The number of rotatable bonds is 3. The molecule has 2 fully saturated rings. The first-order valence-corrected chi connectivity index (χ1v) is 12.0. The van der Waals surface area contributed by atoms with Crippen LogP contribution in [0.4, 0.5) is 8.78 Å². The lowest BCUT2D eigenvalue weighted by atomic mass is 9.77. The maximum Gasteiger partial charge on any atom is 0.278 e. The van der Waals surface area contributed by atoms with Gasteiger partial charge in [-0.15, -0.1) is 11.8 Å². The van der Waals surface area contributed by atoms with E-state index in [1.807, 2.05) is 42.1 Å². The maximum atomic E-state index is 14.4. The lowest BCUT2D eigenvalue weighted by Gasteiger charge is -2.51. The Kier molecular flexibility index (Phi) is 5.62. The molecule has 0 N–H and O–H groups in total. The Morgan fingerprint density at radius 3 is 2.71 bits per heavy atom. The maximum absolute atomic E-state index is 14.4. The van der Waals surface area contributed by atoms with Gasteiger partial charge in [-0.25, -0.2) is 13.5 Å². The quantitative estimate of drug-likeness (QED) is 0.562. The topological polar surface area (TPSA) is 30.3 Å². The number of hydrogen-bond donors (Lipinski definition) is 0. The summed E-state index contributed by atoms with van der Waals surface area (Å²) >= 11 is 13.8. The standard InChI is InChI=1S/C22H23Cl2F2N3OS/c1-14-15(12-29(27-14)18-5-3-2-4-17(18)23)11-28-8-6-21(7-9-28)20-16(10-19(24)31-20)22(25,26)13-30-21/h2-5,10,12,16,20H,6-9,11,13H2,1H3. The molecule has 4 nitrogen and oxygen atoms in total. The Bertz CT molecular complexity index is 1020. The van der Waals surface area contributed by atoms with Crippen molar-refractivity contribution in [1.29, 1.82) is 0 Å². The lowest BCUT2D eigenvalue weighted by Crippen LogP contribution is -2.61. The molecule has 3 aliphatic rings. The largest absolute Gasteiger partial charge is 0.367 e. The van der Waals surface area contributed by atoms with Gasteiger partial charge in [-0.05, 0) is 38.0 Å². The number of likely N-dealkylation sites (tertiary alicyclic amines) is 1. The molecule has 9 heteroatoms. The summed E-state index contributed by atoms with van der Waals surface area (Å²) in [6.45, 7) is 3.78. The fourth-order valence-corrected chi connectivity index (χ4v) is 6.89. The van der Waals surface area contributed by atoms with Gasteiger partial charge in [0.15, 0.2) is 0 Å². The summed E-state index contributed by atoms with van der Waals surface area (Å²) < 4.78 is 36.9. The van der Waals surface area contributed by atoms with Gasteiger partial charge in [0.05, 0.1) is 37.5 Å². The van der Waals surface area contributed by atoms with Gasteiger partial charge in [-0.3, -0.25) is 4.90 Å². The van der Waals surface area contributed by atoms with Crippen LogP contribution in [0.15, 0.2) is 40.9 Å². The molecule has 2 saturated heterocycles. The zero-order valence-corrected chi connectivity index (χ0v) is 19.4. The molecule has 0 amide bonds. The molecule has 2 atom stereocenters. The molecular weight excluding hydrogens is 463 g/mol. The van der Waals surface area contributed by atoms with Crippen LogP contribution in [0.2, 0.25) is 5.02 Å². The SMILES string of the molecule is Cc1nn(-c2ccccc2Cl)cc1CN1CCC2(CC1)OCC(F)(F)C1C=C(Cl)SC12. The van der Waals surface area contributed by atoms with Crippen molar-refractivity contribution < 1.29 is 13.5 Å². The molecule has 3 aliphatic heterocycles. The highest BCUT2D eigenvalue weighted by atomic mass is 35.5. The highest BCUT2D eigenvalue weighted by Crippen LogP contribution is 2.56. The number of aromatic nitrogens is 2. The minimum Gasteiger partial charge on any atom is -0.367 e. The number of aryl methyl sites for hydroxylation is 1. The Balaban J connectivity index is 1.28. The van der Waals surface area contributed by atoms with Crippen molar-refractivity contribution in [1.82, 2.24) is 14.7 Å². The molecule has 0 radical (unpaired) electrons. The van der Waals surface area contributed by atoms with Crippen LogP contribution in [0.3, 0.4) is 0 Å². The van der Waals surface area contributed by atoms with Gasteiger partial charge in [0.2, 0.25) is 0 Å². The van der Waals surface area contributed by atoms with Gasteiger partial charge in [0, 0.05) is 31.4 Å². The summed E-state index contributed by atoms with van der Waals surface area (Å²) in [5.41, 5.74) is 2.39. The lowest BCUT2D eigenvalue weighted by molar-refractivity contribution is -0.215. The number of halogens is 4. The predicted molar refractivity (Wildman–Crippen MR) is 120 cm³/mol. The number of ether oxygens (including phenoxy) is 1. The van der Waals surface area contributed by atoms with E-state index in [9.17, 15) is 8.78 Å². The number of thioether (sulfide) groups is 1.